The number of ether oxygens (including phenoxy) is 2. The number of carbonyl (C=O) groups is 1. The van der Waals surface area contributed by atoms with E-state index in [4.69, 9.17) is 9.47 Å². The number of ketones is 1. The molecule has 6 heteroatoms. The molecule has 2 aromatic carbocycles. The van der Waals surface area contributed by atoms with E-state index in [9.17, 15) is 20.1 Å². The Labute approximate surface area is 143 Å². The number of phenols is 3. The number of Topliss-reactive ketones (excluding diaryl/α,β-unsaturated/α-hetero) is 1. The molecule has 2 aliphatic heterocycles. The molecule has 0 saturated heterocycles. The van der Waals surface area contributed by atoms with E-state index in [-0.39, 0.29) is 40.8 Å². The molecule has 128 valence electrons. The van der Waals surface area contributed by atoms with Crippen molar-refractivity contribution in [2.24, 2.45) is 0 Å². The van der Waals surface area contributed by atoms with Crippen LogP contribution < -0.4 is 9.47 Å². The number of benzene rings is 2. The summed E-state index contributed by atoms with van der Waals surface area (Å²) in [4.78, 5) is 12.6. The molecule has 0 spiro atoms. The van der Waals surface area contributed by atoms with E-state index < -0.39 is 6.10 Å². The SMILES string of the molecule is O=C1CC(c2ccc(O)c(O)c2)Oc2c3c(cc(O)c21)C=CCCO3. The third-order valence-corrected chi connectivity index (χ3v) is 4.35. The van der Waals surface area contributed by atoms with Gasteiger partial charge in [0, 0.05) is 5.56 Å². The van der Waals surface area contributed by atoms with Gasteiger partial charge >= 0.3 is 0 Å². The maximum Gasteiger partial charge on any atom is 0.177 e. The highest BCUT2D eigenvalue weighted by atomic mass is 16.5. The van der Waals surface area contributed by atoms with Crippen molar-refractivity contribution in [2.45, 2.75) is 18.9 Å². The van der Waals surface area contributed by atoms with E-state index in [1.807, 2.05) is 12.2 Å². The minimum Gasteiger partial charge on any atom is -0.507 e. The number of phenolic OH excluding ortho intramolecular Hbond substituents is 3. The second kappa shape index (κ2) is 5.73. The molecule has 0 aromatic heterocycles. The zero-order valence-corrected chi connectivity index (χ0v) is 13.2. The van der Waals surface area contributed by atoms with Gasteiger partial charge in [-0.2, -0.15) is 0 Å². The van der Waals surface area contributed by atoms with Crippen molar-refractivity contribution in [2.75, 3.05) is 6.61 Å². The molecule has 2 aliphatic rings. The van der Waals surface area contributed by atoms with Gasteiger partial charge in [0.1, 0.15) is 17.4 Å². The Hall–Kier alpha value is -3.15. The van der Waals surface area contributed by atoms with Crippen molar-refractivity contribution in [1.82, 2.24) is 0 Å². The number of carbonyl (C=O) groups excluding carboxylic acids is 1. The Bertz CT molecular complexity index is 899. The first kappa shape index (κ1) is 15.4. The molecule has 0 radical (unpaired) electrons. The third kappa shape index (κ3) is 2.55. The summed E-state index contributed by atoms with van der Waals surface area (Å²) in [7, 11) is 0. The fourth-order valence-electron chi connectivity index (χ4n) is 3.12. The highest BCUT2D eigenvalue weighted by Gasteiger charge is 2.34. The predicted molar refractivity (Wildman–Crippen MR) is 89.3 cm³/mol. The molecule has 2 heterocycles. The van der Waals surface area contributed by atoms with Crippen LogP contribution in [0, 0.1) is 0 Å². The third-order valence-electron chi connectivity index (χ3n) is 4.35. The van der Waals surface area contributed by atoms with E-state index in [1.165, 1.54) is 18.2 Å². The molecular weight excluding hydrogens is 324 g/mol. The summed E-state index contributed by atoms with van der Waals surface area (Å²) in [5.74, 6) is -0.283. The van der Waals surface area contributed by atoms with Gasteiger partial charge < -0.3 is 24.8 Å². The first-order valence-corrected chi connectivity index (χ1v) is 7.95. The van der Waals surface area contributed by atoms with Crippen molar-refractivity contribution in [3.05, 3.63) is 47.0 Å². The van der Waals surface area contributed by atoms with Crippen LogP contribution in [-0.2, 0) is 0 Å². The van der Waals surface area contributed by atoms with E-state index in [1.54, 1.807) is 6.07 Å². The highest BCUT2D eigenvalue weighted by molar-refractivity contribution is 6.04. The first-order chi connectivity index (χ1) is 12.0. The van der Waals surface area contributed by atoms with Crippen LogP contribution in [0.1, 0.15) is 40.4 Å². The van der Waals surface area contributed by atoms with Gasteiger partial charge in [-0.1, -0.05) is 18.2 Å². The van der Waals surface area contributed by atoms with Crippen LogP contribution in [0.2, 0.25) is 0 Å². The maximum absolute atomic E-state index is 12.6. The largest absolute Gasteiger partial charge is 0.507 e. The van der Waals surface area contributed by atoms with Crippen LogP contribution in [0.5, 0.6) is 28.7 Å². The van der Waals surface area contributed by atoms with Crippen molar-refractivity contribution >= 4 is 11.9 Å². The van der Waals surface area contributed by atoms with Crippen LogP contribution in [-0.4, -0.2) is 27.7 Å². The highest BCUT2D eigenvalue weighted by Crippen LogP contribution is 2.48. The quantitative estimate of drug-likeness (QED) is 0.689. The van der Waals surface area contributed by atoms with Crippen LogP contribution in [0.15, 0.2) is 30.3 Å². The molecule has 1 unspecified atom stereocenters. The van der Waals surface area contributed by atoms with Gasteiger partial charge in [-0.3, -0.25) is 4.79 Å². The van der Waals surface area contributed by atoms with Gasteiger partial charge in [-0.05, 0) is 30.2 Å². The lowest BCUT2D eigenvalue weighted by atomic mass is 9.93. The Kier molecular flexibility index (Phi) is 3.53. The summed E-state index contributed by atoms with van der Waals surface area (Å²) in [6.45, 7) is 0.447. The minimum absolute atomic E-state index is 0.0133. The fourth-order valence-corrected chi connectivity index (χ4v) is 3.12. The topological polar surface area (TPSA) is 96.2 Å². The zero-order valence-electron chi connectivity index (χ0n) is 13.2. The van der Waals surface area contributed by atoms with Crippen LogP contribution in [0.25, 0.3) is 6.08 Å². The lowest BCUT2D eigenvalue weighted by Crippen LogP contribution is -2.21. The molecule has 0 saturated carbocycles. The van der Waals surface area contributed by atoms with Gasteiger partial charge in [0.05, 0.1) is 13.0 Å². The van der Waals surface area contributed by atoms with Gasteiger partial charge in [0.15, 0.2) is 28.8 Å². The molecule has 0 bridgehead atoms. The molecule has 3 N–H and O–H groups in total. The summed E-state index contributed by atoms with van der Waals surface area (Å²) >= 11 is 0. The van der Waals surface area contributed by atoms with Crippen molar-refractivity contribution in [1.29, 1.82) is 0 Å². The lowest BCUT2D eigenvalue weighted by Gasteiger charge is -2.28. The standard InChI is InChI=1S/C19H16O6/c20-12-5-4-10(7-13(12)21)16-9-15(23)17-14(22)8-11-3-1-2-6-24-18(11)19(17)25-16/h1,3-5,7-8,16,20-22H,2,6,9H2. The Balaban J connectivity index is 1.81. The van der Waals surface area contributed by atoms with Crippen LogP contribution in [0.3, 0.4) is 0 Å². The van der Waals surface area contributed by atoms with Crippen molar-refractivity contribution in [3.8, 4) is 28.7 Å². The maximum atomic E-state index is 12.6. The number of fused-ring (bicyclic) bond motifs is 3. The van der Waals surface area contributed by atoms with E-state index in [0.717, 1.165) is 0 Å². The molecule has 4 rings (SSSR count). The summed E-state index contributed by atoms with van der Waals surface area (Å²) in [5, 5.41) is 29.4. The molecule has 2 aromatic rings. The molecule has 25 heavy (non-hydrogen) atoms. The molecule has 6 nitrogen and oxygen atoms in total. The molecular formula is C19H16O6. The normalized spacial score (nSPS) is 18.6. The number of hydrogen-bond acceptors (Lipinski definition) is 6. The number of hydrogen-bond donors (Lipinski definition) is 3. The van der Waals surface area contributed by atoms with Crippen LogP contribution >= 0.6 is 0 Å². The Morgan fingerprint density at radius 3 is 2.64 bits per heavy atom. The van der Waals surface area contributed by atoms with Gasteiger partial charge in [-0.15, -0.1) is 0 Å². The van der Waals surface area contributed by atoms with Crippen molar-refractivity contribution < 1.29 is 29.6 Å². The monoisotopic (exact) mass is 340 g/mol. The summed E-state index contributed by atoms with van der Waals surface area (Å²) < 4.78 is 11.7. The second-order valence-corrected chi connectivity index (χ2v) is 6.04. The summed E-state index contributed by atoms with van der Waals surface area (Å²) in [6.07, 6.45) is 3.84. The molecule has 0 aliphatic carbocycles. The van der Waals surface area contributed by atoms with E-state index in [0.29, 0.717) is 29.9 Å². The zero-order chi connectivity index (χ0) is 17.6. The number of aromatic hydroxyl groups is 3. The summed E-state index contributed by atoms with van der Waals surface area (Å²) in [5.41, 5.74) is 1.32. The molecule has 0 amide bonds. The predicted octanol–water partition coefficient (Wildman–Crippen LogP) is 3.31. The summed E-state index contributed by atoms with van der Waals surface area (Å²) in [6, 6.07) is 5.79. The van der Waals surface area contributed by atoms with Gasteiger partial charge in [0.2, 0.25) is 0 Å². The molecule has 0 fully saturated rings. The van der Waals surface area contributed by atoms with Gasteiger partial charge in [0.25, 0.3) is 0 Å². The number of rotatable bonds is 1. The second-order valence-electron chi connectivity index (χ2n) is 6.04. The average Bonchev–Trinajstić information content (AvgIpc) is 2.82. The minimum atomic E-state index is -0.645. The molecule has 1 atom stereocenters. The van der Waals surface area contributed by atoms with E-state index in [2.05, 4.69) is 0 Å². The fraction of sp³-hybridized carbons (Fsp3) is 0.211. The lowest BCUT2D eigenvalue weighted by molar-refractivity contribution is 0.0834. The average molecular weight is 340 g/mol. The smallest absolute Gasteiger partial charge is 0.177 e. The van der Waals surface area contributed by atoms with Crippen LogP contribution in [0.4, 0.5) is 0 Å². The Morgan fingerprint density at radius 1 is 1.00 bits per heavy atom. The van der Waals surface area contributed by atoms with E-state index >= 15 is 0 Å². The van der Waals surface area contributed by atoms with Gasteiger partial charge in [-0.25, -0.2) is 0 Å². The first-order valence-electron chi connectivity index (χ1n) is 7.95. The Morgan fingerprint density at radius 2 is 1.84 bits per heavy atom. The van der Waals surface area contributed by atoms with Crippen molar-refractivity contribution in [3.63, 3.8) is 0 Å².